The van der Waals surface area contributed by atoms with Gasteiger partial charge in [-0.05, 0) is 31.5 Å². The van der Waals surface area contributed by atoms with Gasteiger partial charge in [-0.2, -0.15) is 0 Å². The van der Waals surface area contributed by atoms with Gasteiger partial charge in [-0.3, -0.25) is 4.90 Å². The Morgan fingerprint density at radius 1 is 1.41 bits per heavy atom. The molecule has 1 N–H and O–H groups in total. The first kappa shape index (κ1) is 18.7. The Kier molecular flexibility index (Phi) is 7.65. The maximum Gasteiger partial charge on any atom is 0.346 e. The van der Waals surface area contributed by atoms with Crippen molar-refractivity contribution in [3.8, 4) is 5.75 Å². The Morgan fingerprint density at radius 2 is 2.09 bits per heavy atom. The molecule has 5 nitrogen and oxygen atoms in total. The van der Waals surface area contributed by atoms with Gasteiger partial charge in [-0.1, -0.05) is 12.1 Å². The molecule has 0 spiro atoms. The molecule has 22 heavy (non-hydrogen) atoms. The number of carbonyl (C=O) groups excluding carboxylic acids is 1. The number of ether oxygens (including phenoxy) is 2. The molecule has 1 aliphatic heterocycles. The van der Waals surface area contributed by atoms with Gasteiger partial charge in [-0.25, -0.2) is 4.79 Å². The fourth-order valence-electron chi connectivity index (χ4n) is 2.51. The smallest absolute Gasteiger partial charge is 0.346 e. The standard InChI is InChI=1S/C16H24N2O3.ClH/c1-12-10-18(9-8-17-12)11-14-4-6-15(7-5-14)21-13(2)16(19)20-3;/h4-7,12-13,17H,8-11H2,1-3H3;1H/t12-,13?;/m1./s1. The number of piperazine rings is 1. The summed E-state index contributed by atoms with van der Waals surface area (Å²) in [4.78, 5) is 13.8. The molecule has 0 saturated carbocycles. The lowest BCUT2D eigenvalue weighted by Crippen LogP contribution is -2.48. The van der Waals surface area contributed by atoms with E-state index in [1.807, 2.05) is 24.3 Å². The first-order valence-corrected chi connectivity index (χ1v) is 7.37. The first-order chi connectivity index (χ1) is 10.1. The monoisotopic (exact) mass is 328 g/mol. The summed E-state index contributed by atoms with van der Waals surface area (Å²) in [7, 11) is 1.36. The Morgan fingerprint density at radius 3 is 2.68 bits per heavy atom. The summed E-state index contributed by atoms with van der Waals surface area (Å²) in [6.45, 7) is 8.01. The second kappa shape index (κ2) is 8.98. The summed E-state index contributed by atoms with van der Waals surface area (Å²) in [5.41, 5.74) is 1.25. The van der Waals surface area contributed by atoms with Gasteiger partial charge < -0.3 is 14.8 Å². The lowest BCUT2D eigenvalue weighted by Gasteiger charge is -2.31. The number of carbonyl (C=O) groups is 1. The quantitative estimate of drug-likeness (QED) is 0.836. The second-order valence-corrected chi connectivity index (χ2v) is 5.52. The van der Waals surface area contributed by atoms with Gasteiger partial charge in [0.05, 0.1) is 7.11 Å². The van der Waals surface area contributed by atoms with Gasteiger partial charge in [0.15, 0.2) is 6.10 Å². The molecule has 2 rings (SSSR count). The number of halogens is 1. The van der Waals surface area contributed by atoms with Crippen molar-refractivity contribution in [1.82, 2.24) is 10.2 Å². The van der Waals surface area contributed by atoms with Crippen LogP contribution >= 0.6 is 12.4 Å². The van der Waals surface area contributed by atoms with E-state index in [-0.39, 0.29) is 18.4 Å². The highest BCUT2D eigenvalue weighted by atomic mass is 35.5. The molecule has 1 unspecified atom stereocenters. The molecule has 6 heteroatoms. The highest BCUT2D eigenvalue weighted by molar-refractivity contribution is 5.85. The predicted octanol–water partition coefficient (Wildman–Crippen LogP) is 1.84. The minimum Gasteiger partial charge on any atom is -0.479 e. The molecule has 0 bridgehead atoms. The van der Waals surface area contributed by atoms with Crippen molar-refractivity contribution >= 4 is 18.4 Å². The fourth-order valence-corrected chi connectivity index (χ4v) is 2.51. The normalized spacial score (nSPS) is 19.9. The van der Waals surface area contributed by atoms with Crippen LogP contribution in [0.1, 0.15) is 19.4 Å². The number of rotatable bonds is 5. The summed E-state index contributed by atoms with van der Waals surface area (Å²) >= 11 is 0. The molecule has 1 aromatic rings. The van der Waals surface area contributed by atoms with Crippen LogP contribution in [0.3, 0.4) is 0 Å². The largest absolute Gasteiger partial charge is 0.479 e. The van der Waals surface area contributed by atoms with Crippen molar-refractivity contribution in [2.24, 2.45) is 0 Å². The van der Waals surface area contributed by atoms with Crippen molar-refractivity contribution < 1.29 is 14.3 Å². The Bertz CT molecular complexity index is 467. The zero-order chi connectivity index (χ0) is 15.2. The molecular weight excluding hydrogens is 304 g/mol. The minimum absolute atomic E-state index is 0. The summed E-state index contributed by atoms with van der Waals surface area (Å²) in [6, 6.07) is 8.45. The average molecular weight is 329 g/mol. The third-order valence-corrected chi connectivity index (χ3v) is 3.63. The number of nitrogens with zero attached hydrogens (tertiary/aromatic N) is 1. The lowest BCUT2D eigenvalue weighted by molar-refractivity contribution is -0.147. The SMILES string of the molecule is COC(=O)C(C)Oc1ccc(CN2CCN[C@H](C)C2)cc1.Cl. The van der Waals surface area contributed by atoms with E-state index in [2.05, 4.69) is 21.9 Å². The van der Waals surface area contributed by atoms with Crippen LogP contribution in [0.4, 0.5) is 0 Å². The molecule has 124 valence electrons. The van der Waals surface area contributed by atoms with Crippen LogP contribution in [-0.4, -0.2) is 49.8 Å². The van der Waals surface area contributed by atoms with Gasteiger partial charge in [0.25, 0.3) is 0 Å². The number of hydrogen-bond acceptors (Lipinski definition) is 5. The second-order valence-electron chi connectivity index (χ2n) is 5.52. The molecule has 0 aliphatic carbocycles. The molecule has 1 fully saturated rings. The molecular formula is C16H25ClN2O3. The van der Waals surface area contributed by atoms with Gasteiger partial charge >= 0.3 is 5.97 Å². The Hall–Kier alpha value is -1.30. The van der Waals surface area contributed by atoms with E-state index in [4.69, 9.17) is 4.74 Å². The number of methoxy groups -OCH3 is 1. The van der Waals surface area contributed by atoms with Crippen LogP contribution in [-0.2, 0) is 16.1 Å². The van der Waals surface area contributed by atoms with Crippen molar-refractivity contribution in [3.63, 3.8) is 0 Å². The predicted molar refractivity (Wildman–Crippen MR) is 88.5 cm³/mol. The minimum atomic E-state index is -0.588. The zero-order valence-corrected chi connectivity index (χ0v) is 14.2. The van der Waals surface area contributed by atoms with Crippen molar-refractivity contribution in [2.45, 2.75) is 32.5 Å². The number of hydrogen-bond donors (Lipinski definition) is 1. The van der Waals surface area contributed by atoms with Crippen LogP contribution in [0.25, 0.3) is 0 Å². The number of esters is 1. The van der Waals surface area contributed by atoms with E-state index in [1.165, 1.54) is 12.7 Å². The van der Waals surface area contributed by atoms with Crippen molar-refractivity contribution in [1.29, 1.82) is 0 Å². The summed E-state index contributed by atoms with van der Waals surface area (Å²) < 4.78 is 10.2. The molecule has 1 aliphatic rings. The van der Waals surface area contributed by atoms with Gasteiger partial charge in [0.2, 0.25) is 0 Å². The molecule has 1 aromatic carbocycles. The molecule has 1 heterocycles. The lowest BCUT2D eigenvalue weighted by atomic mass is 10.1. The highest BCUT2D eigenvalue weighted by Crippen LogP contribution is 2.16. The van der Waals surface area contributed by atoms with Crippen LogP contribution < -0.4 is 10.1 Å². The van der Waals surface area contributed by atoms with Crippen LogP contribution in [0.5, 0.6) is 5.75 Å². The average Bonchev–Trinajstić information content (AvgIpc) is 2.48. The van der Waals surface area contributed by atoms with Gasteiger partial charge in [0, 0.05) is 32.2 Å². The first-order valence-electron chi connectivity index (χ1n) is 7.37. The van der Waals surface area contributed by atoms with Crippen LogP contribution in [0.2, 0.25) is 0 Å². The topological polar surface area (TPSA) is 50.8 Å². The van der Waals surface area contributed by atoms with Crippen LogP contribution in [0, 0.1) is 0 Å². The Balaban J connectivity index is 0.00000242. The maximum absolute atomic E-state index is 11.3. The van der Waals surface area contributed by atoms with E-state index < -0.39 is 6.10 Å². The van der Waals surface area contributed by atoms with Gasteiger partial charge in [0.1, 0.15) is 5.75 Å². The number of nitrogens with one attached hydrogen (secondary N) is 1. The zero-order valence-electron chi connectivity index (χ0n) is 13.4. The van der Waals surface area contributed by atoms with Crippen molar-refractivity contribution in [2.75, 3.05) is 26.7 Å². The maximum atomic E-state index is 11.3. The molecule has 2 atom stereocenters. The molecule has 0 aromatic heterocycles. The van der Waals surface area contributed by atoms with E-state index >= 15 is 0 Å². The van der Waals surface area contributed by atoms with E-state index in [1.54, 1.807) is 6.92 Å². The summed E-state index contributed by atoms with van der Waals surface area (Å²) in [5.74, 6) is 0.319. The highest BCUT2D eigenvalue weighted by Gasteiger charge is 2.16. The number of benzene rings is 1. The fraction of sp³-hybridized carbons (Fsp3) is 0.562. The molecule has 1 saturated heterocycles. The van der Waals surface area contributed by atoms with E-state index in [0.717, 1.165) is 26.2 Å². The summed E-state index contributed by atoms with van der Waals surface area (Å²) in [6.07, 6.45) is -0.588. The van der Waals surface area contributed by atoms with E-state index in [0.29, 0.717) is 11.8 Å². The molecule has 0 radical (unpaired) electrons. The van der Waals surface area contributed by atoms with Crippen LogP contribution in [0.15, 0.2) is 24.3 Å². The van der Waals surface area contributed by atoms with E-state index in [9.17, 15) is 4.79 Å². The van der Waals surface area contributed by atoms with Gasteiger partial charge in [-0.15, -0.1) is 12.4 Å². The third kappa shape index (κ3) is 5.48. The Labute approximate surface area is 138 Å². The van der Waals surface area contributed by atoms with Crippen molar-refractivity contribution in [3.05, 3.63) is 29.8 Å². The summed E-state index contributed by atoms with van der Waals surface area (Å²) in [5, 5.41) is 3.44. The molecule has 0 amide bonds. The third-order valence-electron chi connectivity index (χ3n) is 3.63.